The van der Waals surface area contributed by atoms with Crippen molar-refractivity contribution in [2.45, 2.75) is 46.0 Å². The van der Waals surface area contributed by atoms with Crippen LogP contribution in [-0.2, 0) is 12.4 Å². The zero-order chi connectivity index (χ0) is 16.8. The van der Waals surface area contributed by atoms with Crippen LogP contribution in [0.1, 0.15) is 55.1 Å². The lowest BCUT2D eigenvalue weighted by molar-refractivity contribution is -0.143. The average Bonchev–Trinajstić information content (AvgIpc) is 2.39. The predicted molar refractivity (Wildman–Crippen MR) is 67.0 cm³/mol. The Morgan fingerprint density at radius 3 is 1.57 bits per heavy atom. The summed E-state index contributed by atoms with van der Waals surface area (Å²) < 4.78 is 75.0. The maximum atomic E-state index is 12.5. The van der Waals surface area contributed by atoms with Gasteiger partial charge in [-0.15, -0.1) is 0 Å². The second-order valence-corrected chi connectivity index (χ2v) is 3.97. The van der Waals surface area contributed by atoms with E-state index in [9.17, 15) is 31.1 Å². The predicted octanol–water partition coefficient (Wildman–Crippen LogP) is 5.73. The van der Waals surface area contributed by atoms with Crippen molar-refractivity contribution < 1.29 is 31.1 Å². The molecule has 1 aromatic carbocycles. The van der Waals surface area contributed by atoms with Crippen LogP contribution in [0.3, 0.4) is 0 Å². The summed E-state index contributed by atoms with van der Waals surface area (Å²) in [5.41, 5.74) is -3.51. The van der Waals surface area contributed by atoms with E-state index in [2.05, 4.69) is 0 Å². The first kappa shape index (κ1) is 19.5. The van der Waals surface area contributed by atoms with Crippen LogP contribution in [0.25, 0.3) is 0 Å². The van der Waals surface area contributed by atoms with Gasteiger partial charge in [-0.25, -0.2) is 0 Å². The highest BCUT2D eigenvalue weighted by atomic mass is 19.4. The fraction of sp³-hybridized carbons (Fsp3) is 0.500. The van der Waals surface area contributed by atoms with Crippen molar-refractivity contribution in [2.75, 3.05) is 0 Å². The van der Waals surface area contributed by atoms with Crippen LogP contribution < -0.4 is 0 Å². The van der Waals surface area contributed by atoms with E-state index in [1.54, 1.807) is 6.92 Å². The van der Waals surface area contributed by atoms with Crippen LogP contribution in [0.2, 0.25) is 0 Å². The Hall–Kier alpha value is -1.53. The zero-order valence-corrected chi connectivity index (χ0v) is 11.8. The van der Waals surface area contributed by atoms with Gasteiger partial charge in [0.15, 0.2) is 5.78 Å². The second-order valence-electron chi connectivity index (χ2n) is 3.97. The van der Waals surface area contributed by atoms with Gasteiger partial charge in [0.25, 0.3) is 0 Å². The molecule has 1 rings (SSSR count). The molecule has 0 N–H and O–H groups in total. The summed E-state index contributed by atoms with van der Waals surface area (Å²) in [6.45, 7) is 5.61. The van der Waals surface area contributed by atoms with Crippen LogP contribution in [0.15, 0.2) is 18.2 Å². The molecule has 0 radical (unpaired) electrons. The molecular weight excluding hydrogens is 298 g/mol. The van der Waals surface area contributed by atoms with Crippen LogP contribution in [0.4, 0.5) is 26.3 Å². The lowest BCUT2D eigenvalue weighted by Crippen LogP contribution is -2.13. The Balaban J connectivity index is 0.00000191. The highest BCUT2D eigenvalue weighted by molar-refractivity contribution is 5.96. The molecule has 0 atom stereocenters. The summed E-state index contributed by atoms with van der Waals surface area (Å²) in [7, 11) is 0. The van der Waals surface area contributed by atoms with Crippen LogP contribution in [0, 0.1) is 0 Å². The molecule has 0 fully saturated rings. The smallest absolute Gasteiger partial charge is 0.294 e. The zero-order valence-electron chi connectivity index (χ0n) is 11.8. The fourth-order valence-electron chi connectivity index (χ4n) is 1.49. The number of rotatable bonds is 3. The highest BCUT2D eigenvalue weighted by Gasteiger charge is 2.37. The molecule has 0 saturated carbocycles. The fourth-order valence-corrected chi connectivity index (χ4v) is 1.49. The maximum Gasteiger partial charge on any atom is 0.416 e. The van der Waals surface area contributed by atoms with Gasteiger partial charge in [-0.1, -0.05) is 20.8 Å². The summed E-state index contributed by atoms with van der Waals surface area (Å²) in [4.78, 5) is 11.5. The molecule has 1 aromatic rings. The first-order valence-electron chi connectivity index (χ1n) is 6.38. The molecular formula is C14H16F6O. The molecule has 1 nitrogen and oxygen atoms in total. The molecule has 0 aliphatic carbocycles. The molecule has 0 aliphatic heterocycles. The molecule has 0 unspecified atom stereocenters. The lowest BCUT2D eigenvalue weighted by atomic mass is 10.00. The molecule has 120 valence electrons. The van der Waals surface area contributed by atoms with Crippen molar-refractivity contribution in [1.82, 2.24) is 0 Å². The third kappa shape index (κ3) is 5.77. The van der Waals surface area contributed by atoms with Crippen molar-refractivity contribution >= 4 is 5.78 Å². The number of halogens is 6. The van der Waals surface area contributed by atoms with E-state index in [1.807, 2.05) is 13.8 Å². The van der Waals surface area contributed by atoms with E-state index < -0.39 is 34.8 Å². The molecule has 0 spiro atoms. The minimum Gasteiger partial charge on any atom is -0.294 e. The summed E-state index contributed by atoms with van der Waals surface area (Å²) in [6, 6.07) is 0.906. The highest BCUT2D eigenvalue weighted by Crippen LogP contribution is 2.36. The van der Waals surface area contributed by atoms with Crippen molar-refractivity contribution in [2.24, 2.45) is 0 Å². The number of hydrogen-bond donors (Lipinski definition) is 0. The van der Waals surface area contributed by atoms with Gasteiger partial charge in [0.2, 0.25) is 0 Å². The van der Waals surface area contributed by atoms with E-state index in [0.29, 0.717) is 18.6 Å². The molecule has 0 amide bonds. The summed E-state index contributed by atoms with van der Waals surface area (Å²) in [5, 5.41) is 0. The molecule has 21 heavy (non-hydrogen) atoms. The van der Waals surface area contributed by atoms with Crippen molar-refractivity contribution in [3.8, 4) is 0 Å². The Morgan fingerprint density at radius 1 is 0.905 bits per heavy atom. The molecule has 0 bridgehead atoms. The Kier molecular flexibility index (Phi) is 6.93. The quantitative estimate of drug-likeness (QED) is 0.514. The average molecular weight is 314 g/mol. The number of carbonyl (C=O) groups is 1. The normalized spacial score (nSPS) is 11.7. The minimum absolute atomic E-state index is 0.00270. The number of Topliss-reactive ketones (excluding diaryl/α,β-unsaturated/α-hetero) is 1. The van der Waals surface area contributed by atoms with Gasteiger partial charge in [0, 0.05) is 12.0 Å². The topological polar surface area (TPSA) is 17.1 Å². The van der Waals surface area contributed by atoms with Crippen LogP contribution in [-0.4, -0.2) is 5.78 Å². The SMILES string of the molecule is CC.CCCC(=O)c1cc(C(F)(F)F)cc(C(F)(F)F)c1. The number of ketones is 1. The monoisotopic (exact) mass is 314 g/mol. The van der Waals surface area contributed by atoms with E-state index >= 15 is 0 Å². The standard InChI is InChI=1S/C12H10F6O.C2H6/c1-2-3-10(19)7-4-8(11(13,14)15)6-9(5-7)12(16,17)18;1-2/h4-6H,2-3H2,1H3;1-2H3. The van der Waals surface area contributed by atoms with Gasteiger partial charge in [-0.2, -0.15) is 26.3 Å². The molecule has 0 aliphatic rings. The van der Waals surface area contributed by atoms with Gasteiger partial charge in [0.05, 0.1) is 11.1 Å². The second kappa shape index (κ2) is 7.47. The molecule has 7 heteroatoms. The summed E-state index contributed by atoms with van der Waals surface area (Å²) in [6.07, 6.45) is -9.61. The Bertz CT molecular complexity index is 441. The van der Waals surface area contributed by atoms with Gasteiger partial charge >= 0.3 is 12.4 Å². The Labute approximate surface area is 119 Å². The molecule has 0 saturated heterocycles. The van der Waals surface area contributed by atoms with Crippen molar-refractivity contribution in [3.63, 3.8) is 0 Å². The number of carbonyl (C=O) groups excluding carboxylic acids is 1. The van der Waals surface area contributed by atoms with Gasteiger partial charge < -0.3 is 0 Å². The van der Waals surface area contributed by atoms with Crippen LogP contribution >= 0.6 is 0 Å². The minimum atomic E-state index is -4.93. The largest absolute Gasteiger partial charge is 0.416 e. The number of hydrogen-bond acceptors (Lipinski definition) is 1. The summed E-state index contributed by atoms with van der Waals surface area (Å²) in [5.74, 6) is -0.737. The van der Waals surface area contributed by atoms with Gasteiger partial charge in [-0.3, -0.25) is 4.79 Å². The maximum absolute atomic E-state index is 12.5. The summed E-state index contributed by atoms with van der Waals surface area (Å²) >= 11 is 0. The molecule has 0 aromatic heterocycles. The first-order valence-corrected chi connectivity index (χ1v) is 6.38. The lowest BCUT2D eigenvalue weighted by Gasteiger charge is -2.13. The van der Waals surface area contributed by atoms with E-state index in [4.69, 9.17) is 0 Å². The van der Waals surface area contributed by atoms with Crippen LogP contribution in [0.5, 0.6) is 0 Å². The third-order valence-corrected chi connectivity index (χ3v) is 2.39. The molecule has 0 heterocycles. The third-order valence-electron chi connectivity index (χ3n) is 2.39. The number of benzene rings is 1. The number of alkyl halides is 6. The first-order chi connectivity index (χ1) is 9.55. The van der Waals surface area contributed by atoms with Gasteiger partial charge in [0.1, 0.15) is 0 Å². The Morgan fingerprint density at radius 2 is 1.29 bits per heavy atom. The van der Waals surface area contributed by atoms with E-state index in [1.165, 1.54) is 0 Å². The van der Waals surface area contributed by atoms with Crippen molar-refractivity contribution in [1.29, 1.82) is 0 Å². The van der Waals surface area contributed by atoms with E-state index in [0.717, 1.165) is 0 Å². The van der Waals surface area contributed by atoms with E-state index in [-0.39, 0.29) is 12.5 Å². The van der Waals surface area contributed by atoms with Gasteiger partial charge in [-0.05, 0) is 24.6 Å². The van der Waals surface area contributed by atoms with Crippen molar-refractivity contribution in [3.05, 3.63) is 34.9 Å².